The number of aliphatic imine (C=N–C) groups is 1. The zero-order valence-corrected chi connectivity index (χ0v) is 14.4. The maximum Gasteiger partial charge on any atom is 0.194 e. The molecule has 2 unspecified atom stereocenters. The highest BCUT2D eigenvalue weighted by atomic mass is 16.5. The second-order valence-corrected chi connectivity index (χ2v) is 6.18. The highest BCUT2D eigenvalue weighted by Gasteiger charge is 2.28. The lowest BCUT2D eigenvalue weighted by atomic mass is 10.0. The van der Waals surface area contributed by atoms with Crippen molar-refractivity contribution in [1.82, 2.24) is 10.2 Å². The molecule has 2 N–H and O–H groups in total. The molecule has 0 bridgehead atoms. The number of guanidine groups is 1. The van der Waals surface area contributed by atoms with E-state index in [1.165, 1.54) is 0 Å². The molecule has 0 amide bonds. The van der Waals surface area contributed by atoms with E-state index in [-0.39, 0.29) is 6.54 Å². The summed E-state index contributed by atoms with van der Waals surface area (Å²) in [5, 5.41) is 13.8. The van der Waals surface area contributed by atoms with E-state index in [1.807, 2.05) is 13.8 Å². The van der Waals surface area contributed by atoms with Crippen molar-refractivity contribution in [1.29, 1.82) is 0 Å². The van der Waals surface area contributed by atoms with Crippen LogP contribution in [0.1, 0.15) is 33.0 Å². The molecule has 1 aromatic rings. The Hall–Kier alpha value is -1.53. The topological polar surface area (TPSA) is 70.2 Å². The van der Waals surface area contributed by atoms with E-state index in [1.54, 1.807) is 25.3 Å². The van der Waals surface area contributed by atoms with Crippen molar-refractivity contribution >= 4 is 5.96 Å². The lowest BCUT2D eigenvalue weighted by molar-refractivity contribution is 0.0434. The van der Waals surface area contributed by atoms with Gasteiger partial charge in [0.15, 0.2) is 5.96 Å². The summed E-state index contributed by atoms with van der Waals surface area (Å²) in [7, 11) is 0. The van der Waals surface area contributed by atoms with Crippen LogP contribution < -0.4 is 5.32 Å². The van der Waals surface area contributed by atoms with Crippen molar-refractivity contribution in [2.75, 3.05) is 39.4 Å². The van der Waals surface area contributed by atoms with E-state index in [0.29, 0.717) is 11.7 Å². The molecule has 1 aliphatic rings. The molecule has 23 heavy (non-hydrogen) atoms. The molecule has 1 aliphatic heterocycles. The number of hydrogen-bond donors (Lipinski definition) is 2. The van der Waals surface area contributed by atoms with Gasteiger partial charge >= 0.3 is 0 Å². The Balaban J connectivity index is 1.98. The van der Waals surface area contributed by atoms with Crippen molar-refractivity contribution in [2.45, 2.75) is 32.8 Å². The Labute approximate surface area is 138 Å². The summed E-state index contributed by atoms with van der Waals surface area (Å²) in [5.74, 6) is 1.93. The molecule has 0 radical (unpaired) electrons. The molecule has 1 saturated heterocycles. The van der Waals surface area contributed by atoms with Crippen LogP contribution in [0.2, 0.25) is 0 Å². The largest absolute Gasteiger partial charge is 0.466 e. The molecule has 1 aromatic heterocycles. The Bertz CT molecular complexity index is 485. The minimum Gasteiger partial charge on any atom is -0.466 e. The lowest BCUT2D eigenvalue weighted by Gasteiger charge is -2.24. The van der Waals surface area contributed by atoms with E-state index in [2.05, 4.69) is 15.2 Å². The zero-order chi connectivity index (χ0) is 16.7. The van der Waals surface area contributed by atoms with Crippen LogP contribution in [0.15, 0.2) is 27.8 Å². The van der Waals surface area contributed by atoms with Crippen LogP contribution in [0, 0.1) is 5.92 Å². The number of rotatable bonds is 7. The first-order chi connectivity index (χ1) is 11.1. The van der Waals surface area contributed by atoms with Gasteiger partial charge < -0.3 is 24.5 Å². The first-order valence-electron chi connectivity index (χ1n) is 8.44. The molecule has 0 saturated carbocycles. The number of ether oxygens (including phenoxy) is 1. The van der Waals surface area contributed by atoms with Crippen LogP contribution in [0.3, 0.4) is 0 Å². The average molecular weight is 323 g/mol. The van der Waals surface area contributed by atoms with Gasteiger partial charge in [0.2, 0.25) is 0 Å². The second kappa shape index (κ2) is 8.36. The minimum atomic E-state index is -1.10. The molecule has 2 atom stereocenters. The van der Waals surface area contributed by atoms with Crippen molar-refractivity contribution in [3.8, 4) is 0 Å². The highest BCUT2D eigenvalue weighted by molar-refractivity contribution is 5.80. The summed E-state index contributed by atoms with van der Waals surface area (Å²) >= 11 is 0. The first kappa shape index (κ1) is 17.8. The van der Waals surface area contributed by atoms with Crippen LogP contribution in [-0.4, -0.2) is 55.4 Å². The van der Waals surface area contributed by atoms with E-state index in [9.17, 15) is 5.11 Å². The molecule has 2 heterocycles. The van der Waals surface area contributed by atoms with Crippen LogP contribution in [0.4, 0.5) is 0 Å². The van der Waals surface area contributed by atoms with Gasteiger partial charge in [-0.1, -0.05) is 0 Å². The molecule has 130 valence electrons. The third-order valence-electron chi connectivity index (χ3n) is 4.07. The van der Waals surface area contributed by atoms with Gasteiger partial charge in [0.1, 0.15) is 11.4 Å². The van der Waals surface area contributed by atoms with E-state index >= 15 is 0 Å². The summed E-state index contributed by atoms with van der Waals surface area (Å²) in [4.78, 5) is 6.86. The summed E-state index contributed by atoms with van der Waals surface area (Å²) in [6.45, 7) is 10.3. The Morgan fingerprint density at radius 3 is 3.04 bits per heavy atom. The SMILES string of the molecule is CCNC(=NCC(C)(O)c1ccco1)N1CCC(COCC)C1. The highest BCUT2D eigenvalue weighted by Crippen LogP contribution is 2.22. The van der Waals surface area contributed by atoms with Crippen molar-refractivity contribution in [3.05, 3.63) is 24.2 Å². The van der Waals surface area contributed by atoms with Crippen LogP contribution in [-0.2, 0) is 10.3 Å². The number of nitrogens with one attached hydrogen (secondary N) is 1. The predicted molar refractivity (Wildman–Crippen MR) is 90.4 cm³/mol. The summed E-state index contributed by atoms with van der Waals surface area (Å²) in [6.07, 6.45) is 2.68. The molecule has 2 rings (SSSR count). The van der Waals surface area contributed by atoms with Gasteiger partial charge in [-0.3, -0.25) is 0 Å². The fourth-order valence-corrected chi connectivity index (χ4v) is 2.76. The minimum absolute atomic E-state index is 0.259. The number of nitrogens with zero attached hydrogens (tertiary/aromatic N) is 2. The van der Waals surface area contributed by atoms with Gasteiger partial charge in [0.25, 0.3) is 0 Å². The molecular weight excluding hydrogens is 294 g/mol. The third-order valence-corrected chi connectivity index (χ3v) is 4.07. The molecule has 6 nitrogen and oxygen atoms in total. The normalized spacial score (nSPS) is 21.5. The quantitative estimate of drug-likeness (QED) is 0.591. The fourth-order valence-electron chi connectivity index (χ4n) is 2.76. The van der Waals surface area contributed by atoms with Gasteiger partial charge in [-0.2, -0.15) is 0 Å². The monoisotopic (exact) mass is 323 g/mol. The van der Waals surface area contributed by atoms with Gasteiger partial charge in [0.05, 0.1) is 19.4 Å². The molecule has 0 aromatic carbocycles. The predicted octanol–water partition coefficient (Wildman–Crippen LogP) is 1.81. The maximum atomic E-state index is 10.5. The Morgan fingerprint density at radius 2 is 2.39 bits per heavy atom. The van der Waals surface area contributed by atoms with E-state index in [0.717, 1.165) is 45.2 Å². The summed E-state index contributed by atoms with van der Waals surface area (Å²) < 4.78 is 10.8. The van der Waals surface area contributed by atoms with Crippen molar-refractivity contribution in [3.63, 3.8) is 0 Å². The van der Waals surface area contributed by atoms with E-state index < -0.39 is 5.60 Å². The first-order valence-corrected chi connectivity index (χ1v) is 8.44. The second-order valence-electron chi connectivity index (χ2n) is 6.18. The molecule has 0 spiro atoms. The number of furan rings is 1. The standard InChI is InChI=1S/C17H29N3O3/c1-4-18-16(20-9-8-14(11-20)12-22-5-2)19-13-17(3,21)15-7-6-10-23-15/h6-7,10,14,21H,4-5,8-9,11-13H2,1-3H3,(H,18,19). The summed E-state index contributed by atoms with van der Waals surface area (Å²) in [5.41, 5.74) is -1.10. The molecule has 0 aliphatic carbocycles. The molecule has 1 fully saturated rings. The fraction of sp³-hybridized carbons (Fsp3) is 0.706. The van der Waals surface area contributed by atoms with Gasteiger partial charge in [-0.05, 0) is 39.3 Å². The molecule has 6 heteroatoms. The molecular formula is C17H29N3O3. The van der Waals surface area contributed by atoms with Crippen LogP contribution in [0.5, 0.6) is 0 Å². The smallest absolute Gasteiger partial charge is 0.194 e. The van der Waals surface area contributed by atoms with Gasteiger partial charge in [-0.25, -0.2) is 4.99 Å². The van der Waals surface area contributed by atoms with E-state index in [4.69, 9.17) is 9.15 Å². The van der Waals surface area contributed by atoms with Crippen molar-refractivity contribution in [2.24, 2.45) is 10.9 Å². The Kier molecular flexibility index (Phi) is 6.47. The number of likely N-dealkylation sites (tertiary alicyclic amines) is 1. The Morgan fingerprint density at radius 1 is 1.57 bits per heavy atom. The average Bonchev–Trinajstić information content (AvgIpc) is 3.20. The zero-order valence-electron chi connectivity index (χ0n) is 14.4. The van der Waals surface area contributed by atoms with Gasteiger partial charge in [0, 0.05) is 32.2 Å². The number of aliphatic hydroxyl groups is 1. The third kappa shape index (κ3) is 4.97. The lowest BCUT2D eigenvalue weighted by Crippen LogP contribution is -2.41. The maximum absolute atomic E-state index is 10.5. The summed E-state index contributed by atoms with van der Waals surface area (Å²) in [6, 6.07) is 3.55. The van der Waals surface area contributed by atoms with Crippen molar-refractivity contribution < 1.29 is 14.3 Å². The number of hydrogen-bond acceptors (Lipinski definition) is 4. The van der Waals surface area contributed by atoms with Crippen LogP contribution in [0.25, 0.3) is 0 Å². The van der Waals surface area contributed by atoms with Gasteiger partial charge in [-0.15, -0.1) is 0 Å². The van der Waals surface area contributed by atoms with Crippen LogP contribution >= 0.6 is 0 Å².